The van der Waals surface area contributed by atoms with E-state index < -0.39 is 0 Å². The van der Waals surface area contributed by atoms with Gasteiger partial charge in [0.05, 0.1) is 0 Å². The van der Waals surface area contributed by atoms with E-state index in [2.05, 4.69) is 31.9 Å². The summed E-state index contributed by atoms with van der Waals surface area (Å²) in [5.41, 5.74) is 1.37. The molecule has 0 unspecified atom stereocenters. The van der Waals surface area contributed by atoms with Crippen LogP contribution >= 0.6 is 24.4 Å². The van der Waals surface area contributed by atoms with Crippen molar-refractivity contribution in [3.05, 3.63) is 11.0 Å². The Labute approximate surface area is 61.2 Å². The van der Waals surface area contributed by atoms with Gasteiger partial charge in [-0.25, -0.2) is 0 Å². The second-order valence-corrected chi connectivity index (χ2v) is 3.21. The van der Waals surface area contributed by atoms with Gasteiger partial charge in [-0.1, -0.05) is 5.57 Å². The Morgan fingerprint density at radius 3 is 2.62 bits per heavy atom. The summed E-state index contributed by atoms with van der Waals surface area (Å²) < 4.78 is 0. The highest BCUT2D eigenvalue weighted by molar-refractivity contribution is 8.02. The molecule has 0 nitrogen and oxygen atoms in total. The molecule has 0 fully saturated rings. The van der Waals surface area contributed by atoms with Gasteiger partial charge in [-0.15, -0.1) is 11.8 Å². The van der Waals surface area contributed by atoms with Crippen molar-refractivity contribution in [3.8, 4) is 0 Å². The van der Waals surface area contributed by atoms with E-state index in [1.54, 1.807) is 0 Å². The van der Waals surface area contributed by atoms with Gasteiger partial charge in [0.1, 0.15) is 0 Å². The molecule has 0 bridgehead atoms. The fraction of sp³-hybridized carbons (Fsp3) is 0.667. The highest BCUT2D eigenvalue weighted by atomic mass is 32.2. The van der Waals surface area contributed by atoms with Crippen LogP contribution in [0, 0.1) is 0 Å². The minimum atomic E-state index is 0.967. The standard InChI is InChI=1S/C6H12S2/c1-6(2)5-8-4-3-7/h5,7H,3-4H2,1-2H3. The minimum absolute atomic E-state index is 0.967. The molecule has 8 heavy (non-hydrogen) atoms. The second kappa shape index (κ2) is 5.57. The zero-order valence-corrected chi connectivity index (χ0v) is 7.06. The van der Waals surface area contributed by atoms with Gasteiger partial charge in [0.15, 0.2) is 0 Å². The molecule has 0 radical (unpaired) electrons. The van der Waals surface area contributed by atoms with Gasteiger partial charge in [-0.05, 0) is 25.0 Å². The van der Waals surface area contributed by atoms with Crippen LogP contribution in [-0.4, -0.2) is 11.5 Å². The van der Waals surface area contributed by atoms with Crippen LogP contribution in [0.4, 0.5) is 0 Å². The Balaban J connectivity index is 3.03. The van der Waals surface area contributed by atoms with Gasteiger partial charge in [0.2, 0.25) is 0 Å². The van der Waals surface area contributed by atoms with Gasteiger partial charge in [-0.3, -0.25) is 0 Å². The summed E-state index contributed by atoms with van der Waals surface area (Å²) in [5, 5.41) is 2.16. The molecule has 0 saturated carbocycles. The van der Waals surface area contributed by atoms with Gasteiger partial charge >= 0.3 is 0 Å². The summed E-state index contributed by atoms with van der Waals surface area (Å²) in [6.07, 6.45) is 0. The van der Waals surface area contributed by atoms with Crippen LogP contribution in [0.5, 0.6) is 0 Å². The molecule has 0 N–H and O–H groups in total. The summed E-state index contributed by atoms with van der Waals surface area (Å²) >= 11 is 5.90. The SMILES string of the molecule is CC(C)=CSCCS. The van der Waals surface area contributed by atoms with E-state index >= 15 is 0 Å². The van der Waals surface area contributed by atoms with Crippen molar-refractivity contribution >= 4 is 24.4 Å². The first kappa shape index (κ1) is 8.44. The van der Waals surface area contributed by atoms with Crippen LogP contribution in [0.1, 0.15) is 13.8 Å². The van der Waals surface area contributed by atoms with Gasteiger partial charge < -0.3 is 0 Å². The van der Waals surface area contributed by atoms with E-state index in [0.717, 1.165) is 11.5 Å². The van der Waals surface area contributed by atoms with Crippen LogP contribution < -0.4 is 0 Å². The van der Waals surface area contributed by atoms with Crippen molar-refractivity contribution in [2.45, 2.75) is 13.8 Å². The molecule has 0 aliphatic carbocycles. The molecular formula is C6H12S2. The first-order valence-electron chi connectivity index (χ1n) is 2.63. The Bertz CT molecular complexity index is 72.6. The maximum atomic E-state index is 4.07. The predicted octanol–water partition coefficient (Wildman–Crippen LogP) is 2.57. The number of hydrogen-bond acceptors (Lipinski definition) is 2. The smallest absolute Gasteiger partial charge is 0.00625 e. The van der Waals surface area contributed by atoms with E-state index in [0.29, 0.717) is 0 Å². The second-order valence-electron chi connectivity index (χ2n) is 1.79. The maximum absolute atomic E-state index is 4.07. The molecule has 0 atom stereocenters. The van der Waals surface area contributed by atoms with E-state index in [1.807, 2.05) is 11.8 Å². The molecule has 0 aromatic heterocycles. The molecule has 2 heteroatoms. The molecule has 0 amide bonds. The molecule has 0 aliphatic rings. The van der Waals surface area contributed by atoms with Crippen molar-refractivity contribution in [1.29, 1.82) is 0 Å². The average Bonchev–Trinajstić information content (AvgIpc) is 1.66. The number of thiol groups is 1. The summed E-state index contributed by atoms with van der Waals surface area (Å²) in [6, 6.07) is 0. The van der Waals surface area contributed by atoms with Gasteiger partial charge in [0.25, 0.3) is 0 Å². The topological polar surface area (TPSA) is 0 Å². The molecule has 0 saturated heterocycles. The Morgan fingerprint density at radius 2 is 2.25 bits per heavy atom. The largest absolute Gasteiger partial charge is 0.178 e. The number of hydrogen-bond donors (Lipinski definition) is 1. The third kappa shape index (κ3) is 6.44. The van der Waals surface area contributed by atoms with Crippen LogP contribution in [0.15, 0.2) is 11.0 Å². The van der Waals surface area contributed by atoms with Crippen molar-refractivity contribution in [3.63, 3.8) is 0 Å². The lowest BCUT2D eigenvalue weighted by Gasteiger charge is -1.88. The van der Waals surface area contributed by atoms with E-state index in [4.69, 9.17) is 0 Å². The average molecular weight is 148 g/mol. The lowest BCUT2D eigenvalue weighted by Crippen LogP contribution is -1.73. The Kier molecular flexibility index (Phi) is 5.88. The summed E-state index contributed by atoms with van der Waals surface area (Å²) in [5.74, 6) is 2.09. The predicted molar refractivity (Wildman–Crippen MR) is 45.7 cm³/mol. The monoisotopic (exact) mass is 148 g/mol. The van der Waals surface area contributed by atoms with E-state index in [-0.39, 0.29) is 0 Å². The first-order valence-corrected chi connectivity index (χ1v) is 4.31. The van der Waals surface area contributed by atoms with Crippen molar-refractivity contribution in [1.82, 2.24) is 0 Å². The van der Waals surface area contributed by atoms with Crippen molar-refractivity contribution < 1.29 is 0 Å². The molecule has 0 heterocycles. The normalized spacial score (nSPS) is 8.88. The molecule has 0 aromatic rings. The third-order valence-corrected chi connectivity index (χ3v) is 2.13. The van der Waals surface area contributed by atoms with Crippen LogP contribution in [0.2, 0.25) is 0 Å². The quantitative estimate of drug-likeness (QED) is 0.474. The number of rotatable bonds is 3. The number of allylic oxidation sites excluding steroid dienone is 1. The molecule has 0 aliphatic heterocycles. The van der Waals surface area contributed by atoms with Crippen LogP contribution in [0.3, 0.4) is 0 Å². The van der Waals surface area contributed by atoms with E-state index in [1.165, 1.54) is 5.57 Å². The highest BCUT2D eigenvalue weighted by Crippen LogP contribution is 2.05. The fourth-order valence-corrected chi connectivity index (χ4v) is 1.15. The van der Waals surface area contributed by atoms with Crippen molar-refractivity contribution in [2.75, 3.05) is 11.5 Å². The lowest BCUT2D eigenvalue weighted by atomic mass is 10.4. The number of thioether (sulfide) groups is 1. The van der Waals surface area contributed by atoms with Crippen LogP contribution in [-0.2, 0) is 0 Å². The van der Waals surface area contributed by atoms with Gasteiger partial charge in [-0.2, -0.15) is 12.6 Å². The van der Waals surface area contributed by atoms with Gasteiger partial charge in [0, 0.05) is 5.75 Å². The zero-order valence-electron chi connectivity index (χ0n) is 5.35. The molecule has 0 spiro atoms. The maximum Gasteiger partial charge on any atom is 0.00625 e. The Morgan fingerprint density at radius 1 is 1.62 bits per heavy atom. The molecule has 48 valence electrons. The molecule has 0 aromatic carbocycles. The fourth-order valence-electron chi connectivity index (χ4n) is 0.278. The van der Waals surface area contributed by atoms with Crippen LogP contribution in [0.25, 0.3) is 0 Å². The summed E-state index contributed by atoms with van der Waals surface area (Å²) in [4.78, 5) is 0. The highest BCUT2D eigenvalue weighted by Gasteiger charge is 1.78. The summed E-state index contributed by atoms with van der Waals surface area (Å²) in [6.45, 7) is 4.21. The van der Waals surface area contributed by atoms with Crippen molar-refractivity contribution in [2.24, 2.45) is 0 Å². The lowest BCUT2D eigenvalue weighted by molar-refractivity contribution is 1.41. The zero-order chi connectivity index (χ0) is 6.41. The first-order chi connectivity index (χ1) is 3.77. The van der Waals surface area contributed by atoms with E-state index in [9.17, 15) is 0 Å². The summed E-state index contributed by atoms with van der Waals surface area (Å²) in [7, 11) is 0. The molecule has 0 rings (SSSR count). The molecular weight excluding hydrogens is 136 g/mol. The Hall–Kier alpha value is 0.440. The minimum Gasteiger partial charge on any atom is -0.178 e. The third-order valence-electron chi connectivity index (χ3n) is 0.528.